The topological polar surface area (TPSA) is 81.7 Å². The minimum Gasteiger partial charge on any atom is -0.467 e. The zero-order valence-corrected chi connectivity index (χ0v) is 9.94. The molecule has 1 fully saturated rings. The molecule has 0 radical (unpaired) electrons. The van der Waals surface area contributed by atoms with E-state index in [9.17, 15) is 13.2 Å². The van der Waals surface area contributed by atoms with Crippen molar-refractivity contribution >= 4 is 29.4 Å². The molecule has 0 aromatic rings. The number of thiol groups is 1. The summed E-state index contributed by atoms with van der Waals surface area (Å²) in [4.78, 5) is 11.4. The van der Waals surface area contributed by atoms with E-state index in [0.29, 0.717) is 25.9 Å². The third-order valence-electron chi connectivity index (χ3n) is 2.22. The van der Waals surface area contributed by atoms with Gasteiger partial charge in [0, 0.05) is 12.8 Å². The van der Waals surface area contributed by atoms with Gasteiger partial charge >= 0.3 is 5.97 Å². The summed E-state index contributed by atoms with van der Waals surface area (Å²) < 4.78 is 30.2. The zero-order valence-electron chi connectivity index (χ0n) is 8.23. The van der Waals surface area contributed by atoms with Gasteiger partial charge in [-0.15, -0.1) is 12.4 Å². The fourth-order valence-corrected chi connectivity index (χ4v) is 2.03. The molecule has 0 bridgehead atoms. The van der Waals surface area contributed by atoms with Crippen molar-refractivity contribution in [2.45, 2.75) is 18.4 Å². The van der Waals surface area contributed by atoms with Crippen molar-refractivity contribution in [3.63, 3.8) is 0 Å². The van der Waals surface area contributed by atoms with Crippen molar-refractivity contribution in [3.8, 4) is 0 Å². The van der Waals surface area contributed by atoms with Crippen LogP contribution in [0.1, 0.15) is 12.8 Å². The van der Waals surface area contributed by atoms with Crippen LogP contribution in [0.2, 0.25) is 0 Å². The maximum absolute atomic E-state index is 11.4. The lowest BCUT2D eigenvalue weighted by Crippen LogP contribution is -2.50. The lowest BCUT2D eigenvalue weighted by molar-refractivity contribution is -0.160. The molecule has 1 aliphatic heterocycles. The van der Waals surface area contributed by atoms with Gasteiger partial charge in [0.2, 0.25) is 0 Å². The highest BCUT2D eigenvalue weighted by molar-refractivity contribution is 7.67. The molecule has 1 heterocycles. The van der Waals surface area contributed by atoms with Gasteiger partial charge in [-0.1, -0.05) is 0 Å². The highest BCUT2D eigenvalue weighted by Crippen LogP contribution is 2.24. The molecule has 1 saturated heterocycles. The molecular weight excluding hydrogens is 246 g/mol. The van der Waals surface area contributed by atoms with E-state index in [1.165, 1.54) is 7.11 Å². The zero-order chi connectivity index (χ0) is 10.6. The predicted octanol–water partition coefficient (Wildman–Crippen LogP) is -0.754. The number of halogens is 1. The molecule has 0 amide bonds. The minimum atomic E-state index is -3.04. The second kappa shape index (κ2) is 6.26. The summed E-state index contributed by atoms with van der Waals surface area (Å²) in [5.41, 5.74) is -1.31. The van der Waals surface area contributed by atoms with E-state index in [4.69, 9.17) is 0 Å². The molecule has 90 valence electrons. The Kier molecular flexibility index (Phi) is 6.11. The number of piperidine rings is 1. The number of carbonyl (C=O) groups is 1. The fourth-order valence-electron chi connectivity index (χ4n) is 1.49. The van der Waals surface area contributed by atoms with E-state index in [1.807, 2.05) is 0 Å². The molecule has 6 nitrogen and oxygen atoms in total. The van der Waals surface area contributed by atoms with Crippen LogP contribution < -0.4 is 5.32 Å². The predicted molar refractivity (Wildman–Crippen MR) is 55.5 cm³/mol. The van der Waals surface area contributed by atoms with Crippen LogP contribution in [-0.4, -0.2) is 40.2 Å². The summed E-state index contributed by atoms with van der Waals surface area (Å²) in [6, 6.07) is 0. The molecule has 1 rings (SSSR count). The number of hydrogen-bond acceptors (Lipinski definition) is 6. The molecule has 0 atom stereocenters. The van der Waals surface area contributed by atoms with Crippen molar-refractivity contribution < 1.29 is 22.1 Å². The van der Waals surface area contributed by atoms with Crippen LogP contribution in [0.3, 0.4) is 0 Å². The van der Waals surface area contributed by atoms with Gasteiger partial charge in [0.05, 0.1) is 7.11 Å². The van der Waals surface area contributed by atoms with Crippen LogP contribution >= 0.6 is 12.4 Å². The number of methoxy groups -OCH3 is 1. The molecular formula is C7H14ClNO5S. The van der Waals surface area contributed by atoms with E-state index < -0.39 is 22.6 Å². The molecule has 0 spiro atoms. The Bertz CT molecular complexity index is 279. The van der Waals surface area contributed by atoms with Crippen LogP contribution in [0.25, 0.3) is 0 Å². The highest BCUT2D eigenvalue weighted by atomic mass is 35.5. The first-order chi connectivity index (χ1) is 6.60. The smallest absolute Gasteiger partial charge is 0.339 e. The first-order valence-electron chi connectivity index (χ1n) is 4.23. The number of nitrogens with one attached hydrogen (secondary N) is 1. The molecule has 1 aliphatic rings. The highest BCUT2D eigenvalue weighted by Gasteiger charge is 2.43. The average molecular weight is 260 g/mol. The monoisotopic (exact) mass is 259 g/mol. The molecule has 0 aliphatic carbocycles. The molecule has 15 heavy (non-hydrogen) atoms. The number of rotatable bonds is 3. The van der Waals surface area contributed by atoms with Crippen molar-refractivity contribution in [1.82, 2.24) is 5.32 Å². The van der Waals surface area contributed by atoms with Crippen LogP contribution in [0.15, 0.2) is 0 Å². The second-order valence-corrected chi connectivity index (χ2v) is 3.68. The van der Waals surface area contributed by atoms with E-state index in [0.717, 1.165) is 0 Å². The van der Waals surface area contributed by atoms with Gasteiger partial charge in [0.1, 0.15) is 0 Å². The summed E-state index contributed by atoms with van der Waals surface area (Å²) in [6.07, 6.45) is 0.617. The SMILES string of the molecule is COC(=O)C1(O[SH](=O)=O)CCNCC1.Cl. The summed E-state index contributed by atoms with van der Waals surface area (Å²) in [5, 5.41) is 3.01. The van der Waals surface area contributed by atoms with E-state index >= 15 is 0 Å². The Labute approximate surface area is 95.9 Å². The summed E-state index contributed by atoms with van der Waals surface area (Å²) in [5.74, 6) is -0.627. The van der Waals surface area contributed by atoms with Crippen molar-refractivity contribution in [2.75, 3.05) is 20.2 Å². The van der Waals surface area contributed by atoms with Gasteiger partial charge in [-0.25, -0.2) is 13.2 Å². The molecule has 0 aromatic carbocycles. The number of ether oxygens (including phenoxy) is 1. The van der Waals surface area contributed by atoms with Crippen molar-refractivity contribution in [1.29, 1.82) is 0 Å². The lowest BCUT2D eigenvalue weighted by atomic mass is 9.93. The van der Waals surface area contributed by atoms with Crippen LogP contribution in [-0.2, 0) is 24.7 Å². The summed E-state index contributed by atoms with van der Waals surface area (Å²) >= 11 is 0. The Hall–Kier alpha value is -0.370. The van der Waals surface area contributed by atoms with Crippen molar-refractivity contribution in [3.05, 3.63) is 0 Å². The Balaban J connectivity index is 0.00000196. The van der Waals surface area contributed by atoms with Crippen molar-refractivity contribution in [2.24, 2.45) is 0 Å². The number of carbonyl (C=O) groups excluding carboxylic acids is 1. The van der Waals surface area contributed by atoms with E-state index in [-0.39, 0.29) is 12.4 Å². The summed E-state index contributed by atoms with van der Waals surface area (Å²) in [7, 11) is -1.82. The first kappa shape index (κ1) is 14.6. The van der Waals surface area contributed by atoms with Gasteiger partial charge in [-0.05, 0) is 13.1 Å². The van der Waals surface area contributed by atoms with Gasteiger partial charge in [0.15, 0.2) is 5.60 Å². The fraction of sp³-hybridized carbons (Fsp3) is 0.857. The van der Waals surface area contributed by atoms with Crippen LogP contribution in [0.5, 0.6) is 0 Å². The Morgan fingerprint density at radius 3 is 2.27 bits per heavy atom. The minimum absolute atomic E-state index is 0. The van der Waals surface area contributed by atoms with Crippen LogP contribution in [0, 0.1) is 0 Å². The largest absolute Gasteiger partial charge is 0.467 e. The van der Waals surface area contributed by atoms with E-state index in [1.54, 1.807) is 0 Å². The third-order valence-corrected chi connectivity index (χ3v) is 2.72. The maximum atomic E-state index is 11.4. The van der Waals surface area contributed by atoms with Crippen LogP contribution in [0.4, 0.5) is 0 Å². The average Bonchev–Trinajstić information content (AvgIpc) is 2.17. The van der Waals surface area contributed by atoms with Gasteiger partial charge in [-0.3, -0.25) is 4.18 Å². The second-order valence-electron chi connectivity index (χ2n) is 3.05. The van der Waals surface area contributed by atoms with Gasteiger partial charge in [-0.2, -0.15) is 0 Å². The first-order valence-corrected chi connectivity index (χ1v) is 5.33. The molecule has 0 aromatic heterocycles. The molecule has 0 saturated carbocycles. The van der Waals surface area contributed by atoms with E-state index in [2.05, 4.69) is 14.2 Å². The quantitative estimate of drug-likeness (QED) is 0.513. The maximum Gasteiger partial charge on any atom is 0.339 e. The third kappa shape index (κ3) is 3.60. The molecule has 8 heteroatoms. The van der Waals surface area contributed by atoms with Gasteiger partial charge in [0.25, 0.3) is 11.0 Å². The summed E-state index contributed by atoms with van der Waals surface area (Å²) in [6.45, 7) is 1.08. The lowest BCUT2D eigenvalue weighted by Gasteiger charge is -2.31. The molecule has 0 unspecified atom stereocenters. The molecule has 1 N–H and O–H groups in total. The number of esters is 1. The Morgan fingerprint density at radius 1 is 1.33 bits per heavy atom. The Morgan fingerprint density at radius 2 is 1.87 bits per heavy atom. The number of hydrogen-bond donors (Lipinski definition) is 2. The standard InChI is InChI=1S/C7H13NO5S.ClH/c1-12-6(9)7(13-14(10)11)2-4-8-5-3-7;/h8,14H,2-5H2,1H3;1H. The van der Waals surface area contributed by atoms with Gasteiger partial charge < -0.3 is 10.1 Å². The normalized spacial score (nSPS) is 19.3.